The molecular weight excluding hydrogens is 188 g/mol. The van der Waals surface area contributed by atoms with E-state index in [0.717, 1.165) is 6.54 Å². The van der Waals surface area contributed by atoms with Crippen molar-refractivity contribution in [2.24, 2.45) is 17.1 Å². The summed E-state index contributed by atoms with van der Waals surface area (Å²) in [6.07, 6.45) is 4.44. The highest BCUT2D eigenvalue weighted by atomic mass is 16.2. The molecule has 1 rings (SSSR count). The molecule has 3 nitrogen and oxygen atoms in total. The molecule has 0 aromatic carbocycles. The van der Waals surface area contributed by atoms with Crippen LogP contribution < -0.4 is 11.1 Å². The highest BCUT2D eigenvalue weighted by Gasteiger charge is 2.42. The van der Waals surface area contributed by atoms with E-state index in [2.05, 4.69) is 19.2 Å². The zero-order valence-corrected chi connectivity index (χ0v) is 10.2. The van der Waals surface area contributed by atoms with Gasteiger partial charge in [0, 0.05) is 6.54 Å². The molecule has 0 unspecified atom stereocenters. The van der Waals surface area contributed by atoms with Gasteiger partial charge in [0.15, 0.2) is 0 Å². The van der Waals surface area contributed by atoms with E-state index in [-0.39, 0.29) is 11.9 Å². The minimum absolute atomic E-state index is 0.00697. The van der Waals surface area contributed by atoms with Crippen LogP contribution in [0.15, 0.2) is 0 Å². The van der Waals surface area contributed by atoms with Crippen LogP contribution in [0.5, 0.6) is 0 Å². The van der Waals surface area contributed by atoms with E-state index in [1.54, 1.807) is 0 Å². The van der Waals surface area contributed by atoms with Crippen molar-refractivity contribution in [2.75, 3.05) is 6.54 Å². The largest absolute Gasteiger partial charge is 0.354 e. The smallest absolute Gasteiger partial charge is 0.236 e. The van der Waals surface area contributed by atoms with E-state index in [9.17, 15) is 4.79 Å². The summed E-state index contributed by atoms with van der Waals surface area (Å²) < 4.78 is 0. The second kappa shape index (κ2) is 4.97. The summed E-state index contributed by atoms with van der Waals surface area (Å²) in [6.45, 7) is 7.22. The molecule has 1 atom stereocenters. The Morgan fingerprint density at radius 1 is 1.47 bits per heavy atom. The first-order valence-electron chi connectivity index (χ1n) is 6.02. The standard InChI is InChI=1S/C12H24N2O/c1-4-10(13)11(15)14-8-12(5-6-12)7-9(2)3/h9-10H,4-8,13H2,1-3H3,(H,14,15)/t10-/m0/s1. The molecule has 1 saturated carbocycles. The fourth-order valence-corrected chi connectivity index (χ4v) is 2.09. The maximum Gasteiger partial charge on any atom is 0.236 e. The van der Waals surface area contributed by atoms with Crippen LogP contribution in [-0.4, -0.2) is 18.5 Å². The lowest BCUT2D eigenvalue weighted by atomic mass is 9.94. The molecule has 0 heterocycles. The van der Waals surface area contributed by atoms with Gasteiger partial charge in [-0.25, -0.2) is 0 Å². The summed E-state index contributed by atoms with van der Waals surface area (Å²) in [4.78, 5) is 11.5. The number of nitrogens with one attached hydrogen (secondary N) is 1. The average Bonchev–Trinajstić information content (AvgIpc) is 2.92. The lowest BCUT2D eigenvalue weighted by molar-refractivity contribution is -0.122. The van der Waals surface area contributed by atoms with Crippen molar-refractivity contribution in [1.82, 2.24) is 5.32 Å². The Labute approximate surface area is 92.8 Å². The summed E-state index contributed by atoms with van der Waals surface area (Å²) in [5, 5.41) is 2.98. The minimum atomic E-state index is -0.333. The van der Waals surface area contributed by atoms with Gasteiger partial charge in [-0.05, 0) is 37.0 Å². The number of nitrogens with two attached hydrogens (primary N) is 1. The van der Waals surface area contributed by atoms with Crippen molar-refractivity contribution in [3.05, 3.63) is 0 Å². The lowest BCUT2D eigenvalue weighted by Gasteiger charge is -2.19. The first kappa shape index (κ1) is 12.5. The zero-order chi connectivity index (χ0) is 11.5. The Morgan fingerprint density at radius 3 is 2.47 bits per heavy atom. The Hall–Kier alpha value is -0.570. The molecule has 0 aromatic heterocycles. The van der Waals surface area contributed by atoms with Crippen molar-refractivity contribution in [1.29, 1.82) is 0 Å². The van der Waals surface area contributed by atoms with Gasteiger partial charge in [-0.1, -0.05) is 20.8 Å². The van der Waals surface area contributed by atoms with Gasteiger partial charge >= 0.3 is 0 Å². The van der Waals surface area contributed by atoms with E-state index < -0.39 is 0 Å². The van der Waals surface area contributed by atoms with E-state index >= 15 is 0 Å². The highest BCUT2D eigenvalue weighted by molar-refractivity contribution is 5.81. The average molecular weight is 212 g/mol. The Morgan fingerprint density at radius 2 is 2.07 bits per heavy atom. The Bertz CT molecular complexity index is 222. The summed E-state index contributed by atoms with van der Waals surface area (Å²) in [6, 6.07) is -0.333. The monoisotopic (exact) mass is 212 g/mol. The number of hydrogen-bond donors (Lipinski definition) is 2. The number of carbonyl (C=O) groups is 1. The van der Waals surface area contributed by atoms with Gasteiger partial charge in [-0.3, -0.25) is 4.79 Å². The maximum absolute atomic E-state index is 11.5. The third kappa shape index (κ3) is 3.82. The zero-order valence-electron chi connectivity index (χ0n) is 10.2. The van der Waals surface area contributed by atoms with Crippen molar-refractivity contribution in [2.45, 2.75) is 52.5 Å². The van der Waals surface area contributed by atoms with E-state index in [1.165, 1.54) is 19.3 Å². The molecule has 0 bridgehead atoms. The minimum Gasteiger partial charge on any atom is -0.354 e. The Balaban J connectivity index is 2.28. The van der Waals surface area contributed by atoms with Crippen molar-refractivity contribution >= 4 is 5.91 Å². The summed E-state index contributed by atoms with van der Waals surface area (Å²) in [5.74, 6) is 0.719. The Kier molecular flexibility index (Phi) is 4.14. The van der Waals surface area contributed by atoms with Gasteiger partial charge < -0.3 is 11.1 Å². The molecule has 0 spiro atoms. The van der Waals surface area contributed by atoms with Crippen molar-refractivity contribution in [3.8, 4) is 0 Å². The molecule has 3 heteroatoms. The second-order valence-electron chi connectivity index (χ2n) is 5.33. The molecule has 15 heavy (non-hydrogen) atoms. The number of rotatable bonds is 6. The van der Waals surface area contributed by atoms with Crippen molar-refractivity contribution < 1.29 is 4.79 Å². The van der Waals surface area contributed by atoms with Crippen LogP contribution in [0.25, 0.3) is 0 Å². The van der Waals surface area contributed by atoms with Gasteiger partial charge in [-0.2, -0.15) is 0 Å². The second-order valence-corrected chi connectivity index (χ2v) is 5.33. The molecule has 1 aliphatic rings. The maximum atomic E-state index is 11.5. The number of hydrogen-bond acceptors (Lipinski definition) is 2. The van der Waals surface area contributed by atoms with Gasteiger partial charge in [0.05, 0.1) is 6.04 Å². The summed E-state index contributed by atoms with van der Waals surface area (Å²) in [5.41, 5.74) is 6.06. The third-order valence-electron chi connectivity index (χ3n) is 3.21. The first-order chi connectivity index (χ1) is 6.99. The molecule has 0 aromatic rings. The summed E-state index contributed by atoms with van der Waals surface area (Å²) >= 11 is 0. The predicted molar refractivity (Wildman–Crippen MR) is 62.4 cm³/mol. The topological polar surface area (TPSA) is 55.1 Å². The van der Waals surface area contributed by atoms with Gasteiger partial charge in [0.1, 0.15) is 0 Å². The SMILES string of the molecule is CC[C@H](N)C(=O)NCC1(CC(C)C)CC1. The molecule has 1 amide bonds. The quantitative estimate of drug-likeness (QED) is 0.703. The van der Waals surface area contributed by atoms with Crippen LogP contribution in [0, 0.1) is 11.3 Å². The molecule has 1 aliphatic carbocycles. The molecule has 0 saturated heterocycles. The fourth-order valence-electron chi connectivity index (χ4n) is 2.09. The molecule has 0 radical (unpaired) electrons. The van der Waals surface area contributed by atoms with Crippen LogP contribution in [0.4, 0.5) is 0 Å². The van der Waals surface area contributed by atoms with Gasteiger partial charge in [0.25, 0.3) is 0 Å². The van der Waals surface area contributed by atoms with Crippen LogP contribution in [-0.2, 0) is 4.79 Å². The molecule has 1 fully saturated rings. The van der Waals surface area contributed by atoms with E-state index in [4.69, 9.17) is 5.73 Å². The first-order valence-corrected chi connectivity index (χ1v) is 6.02. The molecule has 88 valence electrons. The third-order valence-corrected chi connectivity index (χ3v) is 3.21. The van der Waals surface area contributed by atoms with Crippen LogP contribution >= 0.6 is 0 Å². The lowest BCUT2D eigenvalue weighted by Crippen LogP contribution is -2.42. The molecular formula is C12H24N2O. The predicted octanol–water partition coefficient (Wildman–Crippen LogP) is 1.67. The van der Waals surface area contributed by atoms with Crippen LogP contribution in [0.2, 0.25) is 0 Å². The van der Waals surface area contributed by atoms with Gasteiger partial charge in [0.2, 0.25) is 5.91 Å². The highest BCUT2D eigenvalue weighted by Crippen LogP contribution is 2.49. The summed E-state index contributed by atoms with van der Waals surface area (Å²) in [7, 11) is 0. The molecule has 3 N–H and O–H groups in total. The van der Waals surface area contributed by atoms with Gasteiger partial charge in [-0.15, -0.1) is 0 Å². The number of carbonyl (C=O) groups excluding carboxylic acids is 1. The van der Waals surface area contributed by atoms with Crippen molar-refractivity contribution in [3.63, 3.8) is 0 Å². The number of amides is 1. The van der Waals surface area contributed by atoms with Crippen LogP contribution in [0.1, 0.15) is 46.5 Å². The van der Waals surface area contributed by atoms with E-state index in [0.29, 0.717) is 17.8 Å². The van der Waals surface area contributed by atoms with Crippen LogP contribution in [0.3, 0.4) is 0 Å². The van der Waals surface area contributed by atoms with E-state index in [1.807, 2.05) is 6.92 Å². The fraction of sp³-hybridized carbons (Fsp3) is 0.917. The normalized spacial score (nSPS) is 20.1. The molecule has 0 aliphatic heterocycles.